The third kappa shape index (κ3) is 0.761. The summed E-state index contributed by atoms with van der Waals surface area (Å²) in [4.78, 5) is 2.56. The van der Waals surface area contributed by atoms with E-state index in [1.807, 2.05) is 0 Å². The highest BCUT2D eigenvalue weighted by atomic mass is 19.2. The van der Waals surface area contributed by atoms with Crippen molar-refractivity contribution in [3.63, 3.8) is 0 Å². The van der Waals surface area contributed by atoms with Crippen molar-refractivity contribution in [3.8, 4) is 0 Å². The van der Waals surface area contributed by atoms with E-state index in [9.17, 15) is 8.78 Å². The topological polar surface area (TPSA) is 39.9 Å². The molecule has 0 unspecified atom stereocenters. The van der Waals surface area contributed by atoms with E-state index in [1.165, 1.54) is 12.3 Å². The molecule has 2 aromatic rings. The van der Waals surface area contributed by atoms with Gasteiger partial charge in [0.25, 0.3) is 0 Å². The number of fused-ring (bicyclic) bond motifs is 1. The van der Waals surface area contributed by atoms with Crippen LogP contribution in [0.2, 0.25) is 0 Å². The molecule has 2 aromatic heterocycles. The van der Waals surface area contributed by atoms with Gasteiger partial charge in [-0.25, -0.2) is 9.37 Å². The van der Waals surface area contributed by atoms with Gasteiger partial charge in [0.05, 0.1) is 6.20 Å². The Morgan fingerprint density at radius 2 is 2.17 bits per heavy atom. The zero-order valence-electron chi connectivity index (χ0n) is 5.88. The van der Waals surface area contributed by atoms with E-state index in [2.05, 4.69) is 4.98 Å². The van der Waals surface area contributed by atoms with Gasteiger partial charge in [0, 0.05) is 0 Å². The fraction of sp³-hybridized carbons (Fsp3) is 0. The molecule has 2 rings (SSSR count). The Bertz CT molecular complexity index is 438. The summed E-state index contributed by atoms with van der Waals surface area (Å²) in [5, 5.41) is 9.07. The molecule has 2 N–H and O–H groups in total. The van der Waals surface area contributed by atoms with Crippen molar-refractivity contribution < 1.29 is 18.7 Å². The first-order valence-electron chi connectivity index (χ1n) is 3.26. The van der Waals surface area contributed by atoms with Gasteiger partial charge < -0.3 is 5.21 Å². The van der Waals surface area contributed by atoms with Crippen LogP contribution in [0.5, 0.6) is 0 Å². The minimum Gasteiger partial charge on any atom is -0.350 e. The average molecular weight is 171 g/mol. The Labute approximate surface area is 65.8 Å². The van der Waals surface area contributed by atoms with Gasteiger partial charge in [0.1, 0.15) is 5.39 Å². The summed E-state index contributed by atoms with van der Waals surface area (Å²) in [5.74, 6) is -2.04. The molecule has 0 aromatic carbocycles. The summed E-state index contributed by atoms with van der Waals surface area (Å²) in [7, 11) is 0. The standard InChI is InChI=1S/C7H4F2N2O/c8-5-3-11(12)7-4(6(5)9)1-2-10-7/h1-3,12H/p+1. The second-order valence-corrected chi connectivity index (χ2v) is 2.38. The largest absolute Gasteiger partial charge is 0.350 e. The van der Waals surface area contributed by atoms with E-state index in [0.29, 0.717) is 10.9 Å². The lowest BCUT2D eigenvalue weighted by Crippen LogP contribution is -2.31. The van der Waals surface area contributed by atoms with Gasteiger partial charge in [-0.3, -0.25) is 0 Å². The van der Waals surface area contributed by atoms with E-state index < -0.39 is 11.6 Å². The Kier molecular flexibility index (Phi) is 1.27. The molecule has 0 fully saturated rings. The summed E-state index contributed by atoms with van der Waals surface area (Å²) in [6.45, 7) is 0. The van der Waals surface area contributed by atoms with Gasteiger partial charge in [-0.05, 0) is 10.8 Å². The lowest BCUT2D eigenvalue weighted by molar-refractivity contribution is -0.886. The predicted molar refractivity (Wildman–Crippen MR) is 35.6 cm³/mol. The fourth-order valence-electron chi connectivity index (χ4n) is 1.08. The summed E-state index contributed by atoms with van der Waals surface area (Å²) in [5.41, 5.74) is 0.133. The van der Waals surface area contributed by atoms with Gasteiger partial charge in [0.2, 0.25) is 5.82 Å². The summed E-state index contributed by atoms with van der Waals surface area (Å²) in [6, 6.07) is 1.35. The maximum absolute atomic E-state index is 12.9. The molecule has 0 atom stereocenters. The third-order valence-corrected chi connectivity index (χ3v) is 1.64. The Morgan fingerprint density at radius 1 is 1.42 bits per heavy atom. The van der Waals surface area contributed by atoms with Crippen LogP contribution in [-0.2, 0) is 0 Å². The van der Waals surface area contributed by atoms with Crippen LogP contribution in [0.4, 0.5) is 8.78 Å². The van der Waals surface area contributed by atoms with Crippen molar-refractivity contribution in [3.05, 3.63) is 30.1 Å². The van der Waals surface area contributed by atoms with Crippen molar-refractivity contribution in [2.24, 2.45) is 0 Å². The maximum atomic E-state index is 12.9. The van der Waals surface area contributed by atoms with Crippen LogP contribution < -0.4 is 4.73 Å². The quantitative estimate of drug-likeness (QED) is 0.450. The van der Waals surface area contributed by atoms with Crippen LogP contribution in [0.15, 0.2) is 18.5 Å². The predicted octanol–water partition coefficient (Wildman–Crippen LogP) is 0.971. The van der Waals surface area contributed by atoms with E-state index in [0.717, 1.165) is 0 Å². The normalized spacial score (nSPS) is 10.8. The van der Waals surface area contributed by atoms with E-state index in [1.54, 1.807) is 0 Å². The number of hydrogen-bond donors (Lipinski definition) is 2. The number of nitrogens with zero attached hydrogens (tertiary/aromatic N) is 1. The number of halogens is 2. The van der Waals surface area contributed by atoms with Crippen molar-refractivity contribution in [2.75, 3.05) is 0 Å². The van der Waals surface area contributed by atoms with Crippen LogP contribution in [0.25, 0.3) is 11.0 Å². The van der Waals surface area contributed by atoms with E-state index >= 15 is 0 Å². The molecule has 5 heteroatoms. The second kappa shape index (κ2) is 2.17. The van der Waals surface area contributed by atoms with Gasteiger partial charge in [-0.2, -0.15) is 4.39 Å². The van der Waals surface area contributed by atoms with Gasteiger partial charge >= 0.3 is 5.65 Å². The molecule has 3 nitrogen and oxygen atoms in total. The molecule has 2 heterocycles. The zero-order valence-corrected chi connectivity index (χ0v) is 5.88. The number of aromatic nitrogens is 2. The molecule has 0 aliphatic rings. The SMILES string of the molecule is O[n+]1cc(F)c(F)c2cc[nH]c21. The van der Waals surface area contributed by atoms with Crippen LogP contribution in [0.3, 0.4) is 0 Å². The number of aromatic amines is 1. The molecule has 62 valence electrons. The van der Waals surface area contributed by atoms with Gasteiger partial charge in [-0.15, -0.1) is 0 Å². The van der Waals surface area contributed by atoms with E-state index in [-0.39, 0.29) is 11.0 Å². The second-order valence-electron chi connectivity index (χ2n) is 2.38. The molecule has 0 aliphatic carbocycles. The Hall–Kier alpha value is -1.65. The van der Waals surface area contributed by atoms with Crippen LogP contribution >= 0.6 is 0 Å². The van der Waals surface area contributed by atoms with Crippen molar-refractivity contribution in [1.29, 1.82) is 0 Å². The van der Waals surface area contributed by atoms with Crippen molar-refractivity contribution >= 4 is 11.0 Å². The first kappa shape index (κ1) is 7.02. The monoisotopic (exact) mass is 171 g/mol. The minimum absolute atomic E-state index is 0.0255. The number of pyridine rings is 1. The number of H-pyrrole nitrogens is 1. The fourth-order valence-corrected chi connectivity index (χ4v) is 1.08. The third-order valence-electron chi connectivity index (χ3n) is 1.64. The molecule has 0 bridgehead atoms. The molecular weight excluding hydrogens is 166 g/mol. The molecule has 12 heavy (non-hydrogen) atoms. The summed E-state index contributed by atoms with van der Waals surface area (Å²) < 4.78 is 26.0. The highest BCUT2D eigenvalue weighted by Gasteiger charge is 2.17. The Balaban J connectivity index is 2.97. The lowest BCUT2D eigenvalue weighted by Gasteiger charge is -1.92. The summed E-state index contributed by atoms with van der Waals surface area (Å²) in [6.07, 6.45) is 2.08. The molecule has 0 spiro atoms. The van der Waals surface area contributed by atoms with Gasteiger partial charge in [0.15, 0.2) is 12.0 Å². The molecule has 0 amide bonds. The van der Waals surface area contributed by atoms with Crippen LogP contribution in [-0.4, -0.2) is 10.2 Å². The van der Waals surface area contributed by atoms with Crippen molar-refractivity contribution in [2.45, 2.75) is 0 Å². The molecule has 0 radical (unpaired) electrons. The first-order chi connectivity index (χ1) is 5.70. The molecular formula is C7H5F2N2O+. The number of nitrogens with one attached hydrogen (secondary N) is 1. The van der Waals surface area contributed by atoms with E-state index in [4.69, 9.17) is 5.21 Å². The highest BCUT2D eigenvalue weighted by molar-refractivity contribution is 5.72. The highest BCUT2D eigenvalue weighted by Crippen LogP contribution is 2.14. The van der Waals surface area contributed by atoms with Crippen LogP contribution in [0.1, 0.15) is 0 Å². The lowest BCUT2D eigenvalue weighted by atomic mass is 10.3. The number of rotatable bonds is 0. The molecule has 0 saturated carbocycles. The maximum Gasteiger partial charge on any atom is 0.328 e. The zero-order chi connectivity index (χ0) is 8.72. The number of hydrogen-bond acceptors (Lipinski definition) is 1. The molecule has 0 saturated heterocycles. The first-order valence-corrected chi connectivity index (χ1v) is 3.26. The van der Waals surface area contributed by atoms with Crippen LogP contribution in [0, 0.1) is 11.6 Å². The van der Waals surface area contributed by atoms with Gasteiger partial charge in [-0.1, -0.05) is 0 Å². The van der Waals surface area contributed by atoms with Crippen molar-refractivity contribution in [1.82, 2.24) is 4.98 Å². The minimum atomic E-state index is -1.08. The Morgan fingerprint density at radius 3 is 2.92 bits per heavy atom. The summed E-state index contributed by atoms with van der Waals surface area (Å²) >= 11 is 0. The smallest absolute Gasteiger partial charge is 0.328 e. The average Bonchev–Trinajstić information content (AvgIpc) is 2.48. The molecule has 0 aliphatic heterocycles.